The SMILES string of the molecule is FC(F)(F)Oc1ccc(-n2cnc3c4ccc(C=NCNC(=S)Nc5cccc6ccccc56)cc4ccc32)cc1. The summed E-state index contributed by atoms with van der Waals surface area (Å²) in [5, 5.41) is 11.0. The number of benzene rings is 5. The molecule has 0 unspecified atom stereocenters. The van der Waals surface area contributed by atoms with Gasteiger partial charge in [0.1, 0.15) is 18.7 Å². The van der Waals surface area contributed by atoms with Gasteiger partial charge in [-0.25, -0.2) is 4.98 Å². The third-order valence-corrected chi connectivity index (χ3v) is 6.76. The van der Waals surface area contributed by atoms with Gasteiger partial charge in [0.2, 0.25) is 0 Å². The fraction of sp³-hybridized carbons (Fsp3) is 0.0645. The van der Waals surface area contributed by atoms with Crippen molar-refractivity contribution in [3.05, 3.63) is 109 Å². The van der Waals surface area contributed by atoms with Crippen molar-refractivity contribution in [1.29, 1.82) is 0 Å². The van der Waals surface area contributed by atoms with Gasteiger partial charge in [-0.3, -0.25) is 9.56 Å². The molecule has 0 aliphatic rings. The van der Waals surface area contributed by atoms with Crippen LogP contribution < -0.4 is 15.4 Å². The summed E-state index contributed by atoms with van der Waals surface area (Å²) < 4.78 is 43.2. The van der Waals surface area contributed by atoms with Crippen LogP contribution in [0.15, 0.2) is 108 Å². The number of fused-ring (bicyclic) bond motifs is 4. The average molecular weight is 570 g/mol. The number of aliphatic imine (C=N–C) groups is 1. The van der Waals surface area contributed by atoms with Crippen molar-refractivity contribution in [2.45, 2.75) is 6.36 Å². The molecule has 0 aliphatic carbocycles. The number of hydrogen-bond acceptors (Lipinski definition) is 4. The predicted octanol–water partition coefficient (Wildman–Crippen LogP) is 7.59. The van der Waals surface area contributed by atoms with Crippen molar-refractivity contribution < 1.29 is 17.9 Å². The zero-order valence-electron chi connectivity index (χ0n) is 21.4. The summed E-state index contributed by atoms with van der Waals surface area (Å²) in [7, 11) is 0. The molecule has 0 aliphatic heterocycles. The molecule has 0 bridgehead atoms. The largest absolute Gasteiger partial charge is 0.573 e. The van der Waals surface area contributed by atoms with Gasteiger partial charge in [0.05, 0.1) is 11.0 Å². The summed E-state index contributed by atoms with van der Waals surface area (Å²) in [6.45, 7) is 0.310. The van der Waals surface area contributed by atoms with Gasteiger partial charge in [0.15, 0.2) is 5.11 Å². The monoisotopic (exact) mass is 569 g/mol. The Labute approximate surface area is 238 Å². The highest BCUT2D eigenvalue weighted by atomic mass is 32.1. The first kappa shape index (κ1) is 26.3. The van der Waals surface area contributed by atoms with E-state index in [1.165, 1.54) is 12.1 Å². The Hall–Kier alpha value is -4.96. The van der Waals surface area contributed by atoms with Gasteiger partial charge in [-0.15, -0.1) is 13.2 Å². The molecule has 1 aromatic heterocycles. The smallest absolute Gasteiger partial charge is 0.406 e. The van der Waals surface area contributed by atoms with Crippen LogP contribution in [0.25, 0.3) is 38.3 Å². The molecule has 0 atom stereocenters. The van der Waals surface area contributed by atoms with Crippen LogP contribution >= 0.6 is 12.2 Å². The molecule has 0 fully saturated rings. The van der Waals surface area contributed by atoms with E-state index < -0.39 is 6.36 Å². The van der Waals surface area contributed by atoms with Gasteiger partial charge in [0.25, 0.3) is 0 Å². The van der Waals surface area contributed by atoms with Gasteiger partial charge < -0.3 is 15.4 Å². The van der Waals surface area contributed by atoms with Crippen molar-refractivity contribution in [2.75, 3.05) is 12.0 Å². The van der Waals surface area contributed by atoms with E-state index >= 15 is 0 Å². The molecule has 204 valence electrons. The number of aromatic nitrogens is 2. The molecule has 10 heteroatoms. The Morgan fingerprint density at radius 2 is 1.71 bits per heavy atom. The van der Waals surface area contributed by atoms with Crippen molar-refractivity contribution in [3.8, 4) is 11.4 Å². The maximum absolute atomic E-state index is 12.5. The van der Waals surface area contributed by atoms with Crippen LogP contribution in [0, 0.1) is 0 Å². The third kappa shape index (κ3) is 5.82. The number of nitrogens with one attached hydrogen (secondary N) is 2. The van der Waals surface area contributed by atoms with Crippen LogP contribution in [0.2, 0.25) is 0 Å². The lowest BCUT2D eigenvalue weighted by Crippen LogP contribution is -2.28. The van der Waals surface area contributed by atoms with Gasteiger partial charge in [0, 0.05) is 28.4 Å². The van der Waals surface area contributed by atoms with Crippen LogP contribution in [-0.4, -0.2) is 33.9 Å². The summed E-state index contributed by atoms with van der Waals surface area (Å²) in [5.74, 6) is -0.275. The number of anilines is 1. The summed E-state index contributed by atoms with van der Waals surface area (Å²) in [6.07, 6.45) is -1.30. The molecule has 6 nitrogen and oxygen atoms in total. The minimum atomic E-state index is -4.73. The van der Waals surface area contributed by atoms with E-state index in [1.54, 1.807) is 24.7 Å². The first-order valence-electron chi connectivity index (χ1n) is 12.6. The summed E-state index contributed by atoms with van der Waals surface area (Å²) in [5.41, 5.74) is 4.14. The van der Waals surface area contributed by atoms with Crippen LogP contribution in [0.3, 0.4) is 0 Å². The molecule has 0 saturated carbocycles. The summed E-state index contributed by atoms with van der Waals surface area (Å²) in [4.78, 5) is 9.03. The van der Waals surface area contributed by atoms with E-state index in [9.17, 15) is 13.2 Å². The van der Waals surface area contributed by atoms with Gasteiger partial charge in [-0.2, -0.15) is 0 Å². The quantitative estimate of drug-likeness (QED) is 0.160. The molecular formula is C31H22F3N5OS. The van der Waals surface area contributed by atoms with E-state index in [0.717, 1.165) is 43.8 Å². The zero-order chi connectivity index (χ0) is 28.4. The van der Waals surface area contributed by atoms with Crippen molar-refractivity contribution in [1.82, 2.24) is 14.9 Å². The summed E-state index contributed by atoms with van der Waals surface area (Å²) >= 11 is 5.45. The molecule has 1 heterocycles. The van der Waals surface area contributed by atoms with E-state index in [-0.39, 0.29) is 5.75 Å². The first-order chi connectivity index (χ1) is 19.8. The highest BCUT2D eigenvalue weighted by Gasteiger charge is 2.31. The van der Waals surface area contributed by atoms with E-state index in [1.807, 2.05) is 65.2 Å². The number of hydrogen-bond donors (Lipinski definition) is 2. The number of alkyl halides is 3. The second-order valence-electron chi connectivity index (χ2n) is 9.20. The van der Waals surface area contributed by atoms with Gasteiger partial charge >= 0.3 is 6.36 Å². The third-order valence-electron chi connectivity index (χ3n) is 6.51. The number of ether oxygens (including phenoxy) is 1. The second kappa shape index (κ2) is 10.9. The Balaban J connectivity index is 1.13. The maximum Gasteiger partial charge on any atom is 0.573 e. The van der Waals surface area contributed by atoms with Crippen LogP contribution in [0.4, 0.5) is 18.9 Å². The number of rotatable bonds is 6. The summed E-state index contributed by atoms with van der Waals surface area (Å²) in [6, 6.07) is 29.7. The molecule has 41 heavy (non-hydrogen) atoms. The molecule has 2 N–H and O–H groups in total. The highest BCUT2D eigenvalue weighted by molar-refractivity contribution is 7.80. The standard InChI is InChI=1S/C31H22F3N5OS/c32-31(33,34)40-24-12-10-23(11-13-24)39-19-37-29-26-14-8-20(16-22(26)9-15-28(29)39)17-35-18-36-30(41)38-27-7-3-5-21-4-1-2-6-25(21)27/h1-17,19H,18H2,(H2,36,38,41). The normalized spacial score (nSPS) is 11.9. The number of nitrogens with zero attached hydrogens (tertiary/aromatic N) is 3. The number of thiocarbonyl (C=S) groups is 1. The van der Waals surface area contributed by atoms with E-state index in [2.05, 4.69) is 37.5 Å². The first-order valence-corrected chi connectivity index (χ1v) is 13.0. The zero-order valence-corrected chi connectivity index (χ0v) is 22.2. The second-order valence-corrected chi connectivity index (χ2v) is 9.61. The van der Waals surface area contributed by atoms with Crippen molar-refractivity contribution >= 4 is 61.8 Å². The number of halogens is 3. The molecular weight excluding hydrogens is 547 g/mol. The number of imidazole rings is 1. The predicted molar refractivity (Wildman–Crippen MR) is 161 cm³/mol. The lowest BCUT2D eigenvalue weighted by molar-refractivity contribution is -0.274. The molecule has 6 rings (SSSR count). The Morgan fingerprint density at radius 3 is 2.54 bits per heavy atom. The Bertz CT molecular complexity index is 1910. The molecule has 0 amide bonds. The highest BCUT2D eigenvalue weighted by Crippen LogP contribution is 2.29. The van der Waals surface area contributed by atoms with Gasteiger partial charge in [-0.05, 0) is 71.0 Å². The minimum Gasteiger partial charge on any atom is -0.406 e. The van der Waals surface area contributed by atoms with Crippen LogP contribution in [-0.2, 0) is 0 Å². The Kier molecular flexibility index (Phi) is 6.98. The molecule has 0 saturated heterocycles. The van der Waals surface area contributed by atoms with Crippen molar-refractivity contribution in [3.63, 3.8) is 0 Å². The fourth-order valence-electron chi connectivity index (χ4n) is 4.69. The molecule has 6 aromatic rings. The molecule has 0 radical (unpaired) electrons. The lowest BCUT2D eigenvalue weighted by atomic mass is 10.1. The topological polar surface area (TPSA) is 63.5 Å². The minimum absolute atomic E-state index is 0.275. The van der Waals surface area contributed by atoms with E-state index in [0.29, 0.717) is 17.5 Å². The van der Waals surface area contributed by atoms with Gasteiger partial charge in [-0.1, -0.05) is 54.6 Å². The van der Waals surface area contributed by atoms with Crippen molar-refractivity contribution in [2.24, 2.45) is 4.99 Å². The fourth-order valence-corrected chi connectivity index (χ4v) is 4.87. The molecule has 5 aromatic carbocycles. The Morgan fingerprint density at radius 1 is 0.902 bits per heavy atom. The lowest BCUT2D eigenvalue weighted by Gasteiger charge is -2.11. The van der Waals surface area contributed by atoms with Crippen LogP contribution in [0.5, 0.6) is 5.75 Å². The molecule has 0 spiro atoms. The average Bonchev–Trinajstić information content (AvgIpc) is 3.40. The maximum atomic E-state index is 12.5. The van der Waals surface area contributed by atoms with Crippen LogP contribution in [0.1, 0.15) is 5.56 Å². The van der Waals surface area contributed by atoms with E-state index in [4.69, 9.17) is 12.2 Å².